The summed E-state index contributed by atoms with van der Waals surface area (Å²) in [5.74, 6) is -0.558. The van der Waals surface area contributed by atoms with Crippen molar-refractivity contribution < 1.29 is 14.6 Å². The standard InChI is InChI=1S/C12H20N2O3/c1-11(2,3)17-10(16)14-7-8(6-13)9(15)12(14,4)5/h8-9,15H,7H2,1-5H3. The zero-order valence-corrected chi connectivity index (χ0v) is 11.0. The Morgan fingerprint density at radius 3 is 2.41 bits per heavy atom. The van der Waals surface area contributed by atoms with Crippen molar-refractivity contribution >= 4 is 6.09 Å². The third-order valence-corrected chi connectivity index (χ3v) is 2.96. The van der Waals surface area contributed by atoms with Crippen LogP contribution in [0.1, 0.15) is 34.6 Å². The zero-order valence-electron chi connectivity index (χ0n) is 11.0. The van der Waals surface area contributed by atoms with Crippen LogP contribution in [0.15, 0.2) is 0 Å². The molecule has 0 aromatic carbocycles. The molecule has 1 aliphatic heterocycles. The fourth-order valence-corrected chi connectivity index (χ4v) is 1.92. The molecule has 0 bridgehead atoms. The van der Waals surface area contributed by atoms with Gasteiger partial charge in [-0.05, 0) is 34.6 Å². The molecular weight excluding hydrogens is 220 g/mol. The van der Waals surface area contributed by atoms with Gasteiger partial charge in [0.1, 0.15) is 5.60 Å². The monoisotopic (exact) mass is 240 g/mol. The van der Waals surface area contributed by atoms with Crippen LogP contribution in [-0.2, 0) is 4.74 Å². The van der Waals surface area contributed by atoms with Crippen molar-refractivity contribution in [3.8, 4) is 6.07 Å². The molecule has 1 heterocycles. The molecule has 5 nitrogen and oxygen atoms in total. The summed E-state index contributed by atoms with van der Waals surface area (Å²) in [6.45, 7) is 9.03. The summed E-state index contributed by atoms with van der Waals surface area (Å²) in [5, 5.41) is 18.9. The number of carbonyl (C=O) groups excluding carboxylic acids is 1. The van der Waals surface area contributed by atoms with Crippen LogP contribution in [0, 0.1) is 17.2 Å². The molecule has 2 atom stereocenters. The number of ether oxygens (including phenoxy) is 1. The number of aliphatic hydroxyl groups is 1. The first-order chi connectivity index (χ1) is 7.59. The van der Waals surface area contributed by atoms with Crippen molar-refractivity contribution in [3.05, 3.63) is 0 Å². The third-order valence-electron chi connectivity index (χ3n) is 2.96. The largest absolute Gasteiger partial charge is 0.444 e. The van der Waals surface area contributed by atoms with E-state index >= 15 is 0 Å². The highest BCUT2D eigenvalue weighted by Crippen LogP contribution is 2.33. The quantitative estimate of drug-likeness (QED) is 0.696. The molecule has 1 aliphatic rings. The SMILES string of the molecule is CC(C)(C)OC(=O)N1CC(C#N)C(O)C1(C)C. The summed E-state index contributed by atoms with van der Waals surface area (Å²) >= 11 is 0. The van der Waals surface area contributed by atoms with Crippen molar-refractivity contribution in [2.75, 3.05) is 6.54 Å². The van der Waals surface area contributed by atoms with E-state index in [0.717, 1.165) is 0 Å². The van der Waals surface area contributed by atoms with Gasteiger partial charge in [-0.15, -0.1) is 0 Å². The Balaban J connectivity index is 2.86. The smallest absolute Gasteiger partial charge is 0.410 e. The number of carbonyl (C=O) groups is 1. The maximum Gasteiger partial charge on any atom is 0.410 e. The second kappa shape index (κ2) is 4.19. The Morgan fingerprint density at radius 2 is 2.06 bits per heavy atom. The molecule has 17 heavy (non-hydrogen) atoms. The molecule has 0 saturated carbocycles. The van der Waals surface area contributed by atoms with Crippen LogP contribution in [0.5, 0.6) is 0 Å². The molecular formula is C12H20N2O3. The van der Waals surface area contributed by atoms with Gasteiger partial charge in [-0.1, -0.05) is 0 Å². The van der Waals surface area contributed by atoms with Gasteiger partial charge in [-0.25, -0.2) is 4.79 Å². The molecule has 96 valence electrons. The number of hydrogen-bond acceptors (Lipinski definition) is 4. The summed E-state index contributed by atoms with van der Waals surface area (Å²) in [6.07, 6.45) is -1.33. The number of nitrogens with zero attached hydrogens (tertiary/aromatic N) is 2. The van der Waals surface area contributed by atoms with Crippen LogP contribution in [0.25, 0.3) is 0 Å². The normalized spacial score (nSPS) is 27.7. The van der Waals surface area contributed by atoms with Crippen LogP contribution < -0.4 is 0 Å². The number of hydrogen-bond donors (Lipinski definition) is 1. The molecule has 1 fully saturated rings. The van der Waals surface area contributed by atoms with E-state index in [2.05, 4.69) is 0 Å². The summed E-state index contributed by atoms with van der Waals surface area (Å²) in [7, 11) is 0. The van der Waals surface area contributed by atoms with Crippen molar-refractivity contribution in [3.63, 3.8) is 0 Å². The molecule has 1 rings (SSSR count). The molecule has 0 radical (unpaired) electrons. The second-order valence-corrected chi connectivity index (χ2v) is 5.93. The number of nitriles is 1. The van der Waals surface area contributed by atoms with E-state index in [1.54, 1.807) is 34.6 Å². The van der Waals surface area contributed by atoms with Gasteiger partial charge in [-0.2, -0.15) is 5.26 Å². The van der Waals surface area contributed by atoms with Crippen molar-refractivity contribution in [1.29, 1.82) is 5.26 Å². The van der Waals surface area contributed by atoms with Crippen molar-refractivity contribution in [1.82, 2.24) is 4.90 Å². The molecule has 0 aromatic rings. The van der Waals surface area contributed by atoms with Crippen LogP contribution in [0.4, 0.5) is 4.79 Å². The number of rotatable bonds is 0. The van der Waals surface area contributed by atoms with E-state index in [9.17, 15) is 9.90 Å². The second-order valence-electron chi connectivity index (χ2n) is 5.93. The fourth-order valence-electron chi connectivity index (χ4n) is 1.92. The molecule has 1 N–H and O–H groups in total. The van der Waals surface area contributed by atoms with E-state index < -0.39 is 29.3 Å². The van der Waals surface area contributed by atoms with E-state index in [-0.39, 0.29) is 6.54 Å². The van der Waals surface area contributed by atoms with E-state index in [1.165, 1.54) is 4.90 Å². The molecule has 0 spiro atoms. The van der Waals surface area contributed by atoms with Gasteiger partial charge in [0, 0.05) is 6.54 Å². The maximum absolute atomic E-state index is 12.0. The van der Waals surface area contributed by atoms with Gasteiger partial charge in [0.05, 0.1) is 23.6 Å². The molecule has 5 heteroatoms. The molecule has 1 saturated heterocycles. The Bertz CT molecular complexity index is 352. The van der Waals surface area contributed by atoms with Gasteiger partial charge in [0.2, 0.25) is 0 Å². The predicted octanol–water partition coefficient (Wildman–Crippen LogP) is 1.52. The first-order valence-electron chi connectivity index (χ1n) is 5.68. The van der Waals surface area contributed by atoms with Crippen LogP contribution in [0.3, 0.4) is 0 Å². The Morgan fingerprint density at radius 1 is 1.53 bits per heavy atom. The van der Waals surface area contributed by atoms with Gasteiger partial charge in [0.15, 0.2) is 0 Å². The minimum absolute atomic E-state index is 0.208. The zero-order chi connectivity index (χ0) is 13.4. The first kappa shape index (κ1) is 13.8. The summed E-state index contributed by atoms with van der Waals surface area (Å²) in [4.78, 5) is 13.4. The average molecular weight is 240 g/mol. The van der Waals surface area contributed by atoms with Gasteiger partial charge < -0.3 is 9.84 Å². The van der Waals surface area contributed by atoms with Gasteiger partial charge in [-0.3, -0.25) is 4.90 Å². The van der Waals surface area contributed by atoms with Crippen LogP contribution in [0.2, 0.25) is 0 Å². The average Bonchev–Trinajstić information content (AvgIpc) is 2.36. The lowest BCUT2D eigenvalue weighted by Crippen LogP contribution is -2.49. The lowest BCUT2D eigenvalue weighted by Gasteiger charge is -2.34. The van der Waals surface area contributed by atoms with E-state index in [0.29, 0.717) is 0 Å². The third kappa shape index (κ3) is 2.70. The minimum Gasteiger partial charge on any atom is -0.444 e. The Labute approximate surface area is 102 Å². The Hall–Kier alpha value is -1.28. The fraction of sp³-hybridized carbons (Fsp3) is 0.833. The van der Waals surface area contributed by atoms with Crippen LogP contribution >= 0.6 is 0 Å². The summed E-state index contributed by atoms with van der Waals surface area (Å²) in [6, 6.07) is 2.02. The number of aliphatic hydroxyl groups excluding tert-OH is 1. The van der Waals surface area contributed by atoms with E-state index in [4.69, 9.17) is 10.00 Å². The lowest BCUT2D eigenvalue weighted by atomic mass is 9.93. The molecule has 0 aromatic heterocycles. The lowest BCUT2D eigenvalue weighted by molar-refractivity contribution is -0.00369. The number of likely N-dealkylation sites (tertiary alicyclic amines) is 1. The highest BCUT2D eigenvalue weighted by molar-refractivity contribution is 5.70. The van der Waals surface area contributed by atoms with Crippen molar-refractivity contribution in [2.24, 2.45) is 5.92 Å². The summed E-state index contributed by atoms with van der Waals surface area (Å²) in [5.41, 5.74) is -1.36. The highest BCUT2D eigenvalue weighted by atomic mass is 16.6. The molecule has 1 amide bonds. The first-order valence-corrected chi connectivity index (χ1v) is 5.68. The highest BCUT2D eigenvalue weighted by Gasteiger charge is 2.50. The topological polar surface area (TPSA) is 73.6 Å². The van der Waals surface area contributed by atoms with Gasteiger partial charge >= 0.3 is 6.09 Å². The minimum atomic E-state index is -0.847. The van der Waals surface area contributed by atoms with Gasteiger partial charge in [0.25, 0.3) is 0 Å². The summed E-state index contributed by atoms with van der Waals surface area (Å²) < 4.78 is 5.26. The maximum atomic E-state index is 12.0. The number of amides is 1. The molecule has 2 unspecified atom stereocenters. The molecule has 0 aliphatic carbocycles. The predicted molar refractivity (Wildman–Crippen MR) is 62.1 cm³/mol. The van der Waals surface area contributed by atoms with Crippen molar-refractivity contribution in [2.45, 2.75) is 51.9 Å². The Kier molecular flexibility index (Phi) is 3.40. The van der Waals surface area contributed by atoms with E-state index in [1.807, 2.05) is 6.07 Å². The van der Waals surface area contributed by atoms with Crippen LogP contribution in [-0.4, -0.2) is 39.9 Å².